The zero-order valence-electron chi connectivity index (χ0n) is 33.6. The summed E-state index contributed by atoms with van der Waals surface area (Å²) in [7, 11) is -4.65. The third-order valence-corrected chi connectivity index (χ3v) is 8.72. The van der Waals surface area contributed by atoms with Gasteiger partial charge in [-0.15, -0.1) is 0 Å². The molecule has 0 aromatic rings. The third kappa shape index (κ3) is 38.9. The number of phosphoric ester groups is 1. The zero-order chi connectivity index (χ0) is 40.5. The lowest BCUT2D eigenvalue weighted by atomic mass is 10.1. The number of carbonyl (C=O) groups is 2. The number of unbranched alkanes of at least 4 members (excludes halogenated alkanes) is 7. The van der Waals surface area contributed by atoms with Gasteiger partial charge < -0.3 is 24.6 Å². The van der Waals surface area contributed by atoms with Gasteiger partial charge in [0.2, 0.25) is 0 Å². The fourth-order valence-electron chi connectivity index (χ4n) is 4.73. The number of ether oxygens (including phenoxy) is 2. The van der Waals surface area contributed by atoms with E-state index in [-0.39, 0.29) is 19.4 Å². The van der Waals surface area contributed by atoms with Gasteiger partial charge in [0.25, 0.3) is 0 Å². The number of aliphatic hydroxyl groups is 2. The molecule has 10 nitrogen and oxygen atoms in total. The Kier molecular flexibility index (Phi) is 36.9. The quantitative estimate of drug-likeness (QED) is 0.0242. The van der Waals surface area contributed by atoms with Crippen molar-refractivity contribution in [3.63, 3.8) is 0 Å². The van der Waals surface area contributed by atoms with E-state index in [1.165, 1.54) is 12.8 Å². The largest absolute Gasteiger partial charge is 0.472 e. The first-order chi connectivity index (χ1) is 26.7. The number of carbonyl (C=O) groups excluding carboxylic acids is 2. The van der Waals surface area contributed by atoms with Crippen LogP contribution in [0.1, 0.15) is 129 Å². The number of aliphatic hydroxyl groups excluding tert-OH is 2. The Bertz CT molecular complexity index is 1230. The van der Waals surface area contributed by atoms with Crippen LogP contribution in [0.4, 0.5) is 0 Å². The van der Waals surface area contributed by atoms with E-state index in [1.54, 1.807) is 6.08 Å². The Morgan fingerprint density at radius 1 is 0.564 bits per heavy atom. The summed E-state index contributed by atoms with van der Waals surface area (Å²) in [6, 6.07) is 0. The van der Waals surface area contributed by atoms with Gasteiger partial charge in [-0.25, -0.2) is 4.57 Å². The second-order valence-corrected chi connectivity index (χ2v) is 14.4. The normalized spacial score (nSPS) is 14.9. The summed E-state index contributed by atoms with van der Waals surface area (Å²) in [4.78, 5) is 34.9. The van der Waals surface area contributed by atoms with Gasteiger partial charge in [0.1, 0.15) is 12.7 Å². The molecule has 55 heavy (non-hydrogen) atoms. The summed E-state index contributed by atoms with van der Waals surface area (Å²) in [5.41, 5.74) is 0. The summed E-state index contributed by atoms with van der Waals surface area (Å²) in [5, 5.41) is 18.3. The molecule has 3 unspecified atom stereocenters. The highest BCUT2D eigenvalue weighted by Gasteiger charge is 2.27. The van der Waals surface area contributed by atoms with Gasteiger partial charge in [0.05, 0.1) is 26.2 Å². The molecule has 0 heterocycles. The highest BCUT2D eigenvalue weighted by Crippen LogP contribution is 2.43. The third-order valence-electron chi connectivity index (χ3n) is 7.77. The zero-order valence-corrected chi connectivity index (χ0v) is 34.5. The number of phosphoric acid groups is 1. The van der Waals surface area contributed by atoms with Crippen molar-refractivity contribution in [2.45, 2.75) is 142 Å². The monoisotopic (exact) mass is 790 g/mol. The lowest BCUT2D eigenvalue weighted by Gasteiger charge is -2.20. The first-order valence-electron chi connectivity index (χ1n) is 20.2. The van der Waals surface area contributed by atoms with Crippen LogP contribution in [0.2, 0.25) is 0 Å². The summed E-state index contributed by atoms with van der Waals surface area (Å²) in [5.74, 6) is -1.10. The standard InChI is InChI=1S/C44H71O10P/c1-3-5-7-9-11-13-15-17-19-20-22-23-25-27-29-31-33-35-43(47)51-39-42(40-53-55(49,50)52-38-41(46)37-45)54-44(48)36-34-32-30-28-26-24-21-18-16-14-12-10-8-6-4-2/h5-8,11-14,17-19,21,26,28,32,34,41-42,45-46H,3-4,9-10,15-16,20,22-25,27,29-31,33,35-40H2,1-2H3,(H,49,50)/b7-5-,8-6-,13-11-,14-12-,19-17-,21-18-,28-26-,34-32-. The molecule has 0 saturated heterocycles. The van der Waals surface area contributed by atoms with E-state index < -0.39 is 51.8 Å². The molecule has 0 spiro atoms. The summed E-state index contributed by atoms with van der Waals surface area (Å²) >= 11 is 0. The van der Waals surface area contributed by atoms with Crippen LogP contribution in [0.15, 0.2) is 97.2 Å². The van der Waals surface area contributed by atoms with Crippen molar-refractivity contribution in [2.75, 3.05) is 26.4 Å². The molecule has 0 aromatic heterocycles. The van der Waals surface area contributed by atoms with E-state index in [2.05, 4.69) is 91.3 Å². The van der Waals surface area contributed by atoms with E-state index >= 15 is 0 Å². The average molecular weight is 791 g/mol. The molecule has 0 aliphatic heterocycles. The van der Waals surface area contributed by atoms with Gasteiger partial charge in [-0.1, -0.05) is 143 Å². The summed E-state index contributed by atoms with van der Waals surface area (Å²) < 4.78 is 32.5. The predicted octanol–water partition coefficient (Wildman–Crippen LogP) is 10.4. The lowest BCUT2D eigenvalue weighted by Crippen LogP contribution is -2.29. The van der Waals surface area contributed by atoms with Crippen molar-refractivity contribution in [2.24, 2.45) is 0 Å². The van der Waals surface area contributed by atoms with Crippen LogP contribution in [0.5, 0.6) is 0 Å². The molecule has 312 valence electrons. The van der Waals surface area contributed by atoms with Crippen LogP contribution in [-0.2, 0) is 32.7 Å². The number of hydrogen-bond acceptors (Lipinski definition) is 9. The fraction of sp³-hybridized carbons (Fsp3) is 0.591. The molecular formula is C44H71O10P. The maximum atomic E-state index is 12.5. The van der Waals surface area contributed by atoms with Crippen LogP contribution < -0.4 is 0 Å². The van der Waals surface area contributed by atoms with Crippen molar-refractivity contribution in [3.05, 3.63) is 97.2 Å². The van der Waals surface area contributed by atoms with Crippen LogP contribution in [-0.4, -0.2) is 65.7 Å². The van der Waals surface area contributed by atoms with Gasteiger partial charge >= 0.3 is 19.8 Å². The predicted molar refractivity (Wildman–Crippen MR) is 223 cm³/mol. The minimum atomic E-state index is -4.65. The first-order valence-corrected chi connectivity index (χ1v) is 21.7. The molecular weight excluding hydrogens is 719 g/mol. The molecule has 0 amide bonds. The van der Waals surface area contributed by atoms with Gasteiger partial charge in [0, 0.05) is 6.42 Å². The van der Waals surface area contributed by atoms with E-state index in [4.69, 9.17) is 19.1 Å². The molecule has 11 heteroatoms. The summed E-state index contributed by atoms with van der Waals surface area (Å²) in [6.45, 7) is 2.00. The molecule has 0 fully saturated rings. The number of hydrogen-bond donors (Lipinski definition) is 3. The molecule has 0 bridgehead atoms. The number of rotatable bonds is 36. The molecule has 0 saturated carbocycles. The highest BCUT2D eigenvalue weighted by atomic mass is 31.2. The molecule has 0 rings (SSSR count). The maximum absolute atomic E-state index is 12.5. The van der Waals surface area contributed by atoms with Crippen molar-refractivity contribution in [1.82, 2.24) is 0 Å². The van der Waals surface area contributed by atoms with Crippen molar-refractivity contribution < 1.29 is 47.8 Å². The van der Waals surface area contributed by atoms with Crippen LogP contribution in [0, 0.1) is 0 Å². The molecule has 0 aromatic carbocycles. The van der Waals surface area contributed by atoms with Gasteiger partial charge in [-0.05, 0) is 70.6 Å². The average Bonchev–Trinajstić information content (AvgIpc) is 3.17. The van der Waals surface area contributed by atoms with Crippen LogP contribution in [0.3, 0.4) is 0 Å². The topological polar surface area (TPSA) is 149 Å². The number of esters is 2. The molecule has 0 aliphatic rings. The van der Waals surface area contributed by atoms with E-state index in [0.29, 0.717) is 12.8 Å². The smallest absolute Gasteiger partial charge is 0.462 e. The van der Waals surface area contributed by atoms with Crippen molar-refractivity contribution >= 4 is 19.8 Å². The maximum Gasteiger partial charge on any atom is 0.472 e. The highest BCUT2D eigenvalue weighted by molar-refractivity contribution is 7.47. The Labute approximate surface area is 332 Å². The van der Waals surface area contributed by atoms with E-state index in [1.807, 2.05) is 18.2 Å². The van der Waals surface area contributed by atoms with Crippen molar-refractivity contribution in [3.8, 4) is 0 Å². The lowest BCUT2D eigenvalue weighted by molar-refractivity contribution is -0.160. The van der Waals surface area contributed by atoms with Gasteiger partial charge in [-0.3, -0.25) is 18.6 Å². The second kappa shape index (κ2) is 39.1. The van der Waals surface area contributed by atoms with Gasteiger partial charge in [0.15, 0.2) is 6.10 Å². The van der Waals surface area contributed by atoms with Crippen molar-refractivity contribution in [1.29, 1.82) is 0 Å². The van der Waals surface area contributed by atoms with Gasteiger partial charge in [-0.2, -0.15) is 0 Å². The summed E-state index contributed by atoms with van der Waals surface area (Å²) in [6.07, 6.45) is 46.9. The molecule has 3 atom stereocenters. The molecule has 3 N–H and O–H groups in total. The van der Waals surface area contributed by atoms with E-state index in [9.17, 15) is 24.2 Å². The Balaban J connectivity index is 4.49. The van der Waals surface area contributed by atoms with Crippen LogP contribution >= 0.6 is 7.82 Å². The number of allylic oxidation sites excluding steroid dienone is 15. The Morgan fingerprint density at radius 3 is 1.51 bits per heavy atom. The minimum Gasteiger partial charge on any atom is -0.462 e. The molecule has 0 aliphatic carbocycles. The molecule has 0 radical (unpaired) electrons. The minimum absolute atomic E-state index is 0.0559. The SMILES string of the molecule is CC/C=C\C/C=C\C/C=C\C/C=C\C/C=C\CC(=O)OC(COC(=O)CCCCCCCCC/C=C\C/C=C\C/C=C\CC)COP(=O)(O)OCC(O)CO. The Morgan fingerprint density at radius 2 is 1.00 bits per heavy atom. The van der Waals surface area contributed by atoms with E-state index in [0.717, 1.165) is 77.0 Å². The fourth-order valence-corrected chi connectivity index (χ4v) is 5.52. The first kappa shape index (κ1) is 51.9. The second-order valence-electron chi connectivity index (χ2n) is 12.9. The van der Waals surface area contributed by atoms with Crippen LogP contribution in [0.25, 0.3) is 0 Å². The Hall–Kier alpha value is -3.11.